The maximum absolute atomic E-state index is 10.3. The lowest BCUT2D eigenvalue weighted by atomic mass is 10.1. The topological polar surface area (TPSA) is 78.9 Å². The van der Waals surface area contributed by atoms with Gasteiger partial charge in [0, 0.05) is 19.0 Å². The monoisotopic (exact) mass is 169 g/mol. The summed E-state index contributed by atoms with van der Waals surface area (Å²) in [6.45, 7) is 2.56. The zero-order valence-electron chi connectivity index (χ0n) is 7.34. The molecule has 0 saturated heterocycles. The minimum atomic E-state index is -0.311. The Bertz CT molecular complexity index is 174. The van der Waals surface area contributed by atoms with Crippen LogP contribution in [0.25, 0.3) is 0 Å². The molecule has 4 nitrogen and oxygen atoms in total. The largest absolute Gasteiger partial charge is 0.370 e. The third-order valence-corrected chi connectivity index (χ3v) is 1.63. The summed E-state index contributed by atoms with van der Waals surface area (Å²) < 4.78 is 0. The van der Waals surface area contributed by atoms with Gasteiger partial charge in [-0.25, -0.2) is 0 Å². The minimum Gasteiger partial charge on any atom is -0.370 e. The van der Waals surface area contributed by atoms with Crippen molar-refractivity contribution < 1.29 is 4.79 Å². The Morgan fingerprint density at radius 1 is 1.75 bits per heavy atom. The Labute approximate surface area is 72.7 Å². The summed E-state index contributed by atoms with van der Waals surface area (Å²) in [5.41, 5.74) is 4.95. The van der Waals surface area contributed by atoms with E-state index in [0.717, 1.165) is 6.42 Å². The van der Waals surface area contributed by atoms with Crippen LogP contribution in [-0.2, 0) is 4.79 Å². The van der Waals surface area contributed by atoms with Gasteiger partial charge in [0.15, 0.2) is 0 Å². The quantitative estimate of drug-likeness (QED) is 0.593. The van der Waals surface area contributed by atoms with E-state index in [4.69, 9.17) is 11.0 Å². The van der Waals surface area contributed by atoms with Crippen LogP contribution in [0.4, 0.5) is 0 Å². The van der Waals surface area contributed by atoms with E-state index in [1.807, 2.05) is 6.92 Å². The molecule has 3 N–H and O–H groups in total. The van der Waals surface area contributed by atoms with Crippen LogP contribution in [0.5, 0.6) is 0 Å². The summed E-state index contributed by atoms with van der Waals surface area (Å²) in [6.07, 6.45) is 1.71. The van der Waals surface area contributed by atoms with Crippen LogP contribution in [0.15, 0.2) is 0 Å². The molecule has 0 aliphatic carbocycles. The molecule has 0 aliphatic heterocycles. The number of nitrogens with zero attached hydrogens (tertiary/aromatic N) is 1. The smallest absolute Gasteiger partial charge is 0.218 e. The number of amides is 1. The number of nitrogens with one attached hydrogen (secondary N) is 1. The highest BCUT2D eigenvalue weighted by molar-refractivity contribution is 5.73. The fraction of sp³-hybridized carbons (Fsp3) is 0.750. The number of primary amides is 1. The number of carbonyl (C=O) groups is 1. The van der Waals surface area contributed by atoms with E-state index in [2.05, 4.69) is 11.4 Å². The number of nitriles is 1. The Hall–Kier alpha value is -1.08. The van der Waals surface area contributed by atoms with E-state index in [1.54, 1.807) is 0 Å². The first-order chi connectivity index (χ1) is 5.70. The maximum atomic E-state index is 10.3. The number of hydrogen-bond acceptors (Lipinski definition) is 3. The Balaban J connectivity index is 3.45. The zero-order chi connectivity index (χ0) is 9.40. The molecule has 0 rings (SSSR count). The van der Waals surface area contributed by atoms with Crippen molar-refractivity contribution in [3.05, 3.63) is 0 Å². The number of hydrogen-bond donors (Lipinski definition) is 2. The van der Waals surface area contributed by atoms with E-state index in [9.17, 15) is 4.79 Å². The van der Waals surface area contributed by atoms with Crippen molar-refractivity contribution in [3.63, 3.8) is 0 Å². The van der Waals surface area contributed by atoms with Crippen LogP contribution in [0.2, 0.25) is 0 Å². The van der Waals surface area contributed by atoms with Gasteiger partial charge >= 0.3 is 0 Å². The van der Waals surface area contributed by atoms with Crippen LogP contribution < -0.4 is 11.1 Å². The van der Waals surface area contributed by atoms with Crippen LogP contribution in [0, 0.1) is 11.3 Å². The predicted molar refractivity (Wildman–Crippen MR) is 46.1 cm³/mol. The van der Waals surface area contributed by atoms with Crippen LogP contribution in [0.3, 0.4) is 0 Å². The molecule has 0 bridgehead atoms. The average molecular weight is 169 g/mol. The zero-order valence-corrected chi connectivity index (χ0v) is 7.34. The van der Waals surface area contributed by atoms with E-state index in [0.29, 0.717) is 19.4 Å². The Morgan fingerprint density at radius 2 is 2.42 bits per heavy atom. The fourth-order valence-electron chi connectivity index (χ4n) is 0.871. The first kappa shape index (κ1) is 10.9. The molecule has 0 aromatic carbocycles. The van der Waals surface area contributed by atoms with Gasteiger partial charge in [0.2, 0.25) is 5.91 Å². The van der Waals surface area contributed by atoms with Crippen molar-refractivity contribution in [1.82, 2.24) is 5.32 Å². The van der Waals surface area contributed by atoms with Crippen molar-refractivity contribution in [2.24, 2.45) is 5.73 Å². The molecule has 1 amide bonds. The van der Waals surface area contributed by atoms with Crippen molar-refractivity contribution >= 4 is 5.91 Å². The SMILES string of the molecule is CCC(CC#N)NCCC(N)=O. The summed E-state index contributed by atoms with van der Waals surface area (Å²) in [6, 6.07) is 2.27. The molecule has 0 aliphatic rings. The van der Waals surface area contributed by atoms with E-state index in [-0.39, 0.29) is 11.9 Å². The molecule has 0 spiro atoms. The molecule has 1 atom stereocenters. The highest BCUT2D eigenvalue weighted by Crippen LogP contribution is 1.95. The van der Waals surface area contributed by atoms with Crippen LogP contribution >= 0.6 is 0 Å². The Morgan fingerprint density at radius 3 is 2.83 bits per heavy atom. The Kier molecular flexibility index (Phi) is 6.02. The lowest BCUT2D eigenvalue weighted by Crippen LogP contribution is -2.31. The molecule has 0 radical (unpaired) electrons. The highest BCUT2D eigenvalue weighted by atomic mass is 16.1. The molecule has 1 unspecified atom stereocenters. The van der Waals surface area contributed by atoms with E-state index < -0.39 is 0 Å². The molecule has 0 fully saturated rings. The van der Waals surface area contributed by atoms with E-state index in [1.165, 1.54) is 0 Å². The van der Waals surface area contributed by atoms with Gasteiger partial charge in [0.25, 0.3) is 0 Å². The lowest BCUT2D eigenvalue weighted by molar-refractivity contribution is -0.117. The molecular weight excluding hydrogens is 154 g/mol. The van der Waals surface area contributed by atoms with Crippen molar-refractivity contribution in [1.29, 1.82) is 5.26 Å². The van der Waals surface area contributed by atoms with Gasteiger partial charge in [-0.15, -0.1) is 0 Å². The number of nitrogens with two attached hydrogens (primary N) is 1. The molecule has 12 heavy (non-hydrogen) atoms. The minimum absolute atomic E-state index is 0.189. The summed E-state index contributed by atoms with van der Waals surface area (Å²) >= 11 is 0. The number of carbonyl (C=O) groups excluding carboxylic acids is 1. The van der Waals surface area contributed by atoms with Crippen molar-refractivity contribution in [2.75, 3.05) is 6.54 Å². The molecule has 0 saturated carbocycles. The van der Waals surface area contributed by atoms with Gasteiger partial charge in [-0.1, -0.05) is 6.92 Å². The molecule has 0 aromatic heterocycles. The fourth-order valence-corrected chi connectivity index (χ4v) is 0.871. The third-order valence-electron chi connectivity index (χ3n) is 1.63. The molecule has 0 heterocycles. The first-order valence-corrected chi connectivity index (χ1v) is 4.09. The number of rotatable bonds is 6. The summed E-state index contributed by atoms with van der Waals surface area (Å²) in [5, 5.41) is 11.5. The standard InChI is InChI=1S/C8H15N3O/c1-2-7(3-5-9)11-6-4-8(10)12/h7,11H,2-4,6H2,1H3,(H2,10,12). The summed E-state index contributed by atoms with van der Waals surface area (Å²) in [4.78, 5) is 10.3. The highest BCUT2D eigenvalue weighted by Gasteiger charge is 2.04. The summed E-state index contributed by atoms with van der Waals surface area (Å²) in [7, 11) is 0. The van der Waals surface area contributed by atoms with Gasteiger partial charge in [-0.2, -0.15) is 5.26 Å². The first-order valence-electron chi connectivity index (χ1n) is 4.09. The average Bonchev–Trinajstić information content (AvgIpc) is 2.02. The maximum Gasteiger partial charge on any atom is 0.218 e. The van der Waals surface area contributed by atoms with Crippen LogP contribution in [0.1, 0.15) is 26.2 Å². The van der Waals surface area contributed by atoms with Gasteiger partial charge in [-0.05, 0) is 6.42 Å². The normalized spacial score (nSPS) is 12.0. The van der Waals surface area contributed by atoms with Crippen LogP contribution in [-0.4, -0.2) is 18.5 Å². The van der Waals surface area contributed by atoms with Gasteiger partial charge in [0.1, 0.15) is 0 Å². The van der Waals surface area contributed by atoms with Crippen molar-refractivity contribution in [2.45, 2.75) is 32.2 Å². The second-order valence-corrected chi connectivity index (χ2v) is 2.64. The second kappa shape index (κ2) is 6.62. The van der Waals surface area contributed by atoms with E-state index >= 15 is 0 Å². The third kappa shape index (κ3) is 5.69. The molecule has 0 aromatic rings. The predicted octanol–water partition coefficient (Wildman–Crippen LogP) is 0.144. The van der Waals surface area contributed by atoms with Gasteiger partial charge in [-0.3, -0.25) is 4.79 Å². The van der Waals surface area contributed by atoms with Gasteiger partial charge < -0.3 is 11.1 Å². The molecule has 4 heteroatoms. The van der Waals surface area contributed by atoms with Gasteiger partial charge in [0.05, 0.1) is 12.5 Å². The lowest BCUT2D eigenvalue weighted by Gasteiger charge is -2.11. The van der Waals surface area contributed by atoms with Crippen molar-refractivity contribution in [3.8, 4) is 6.07 Å². The molecular formula is C8H15N3O. The summed E-state index contributed by atoms with van der Waals surface area (Å²) in [5.74, 6) is -0.311. The molecule has 68 valence electrons. The second-order valence-electron chi connectivity index (χ2n) is 2.64.